The fourth-order valence-corrected chi connectivity index (χ4v) is 2.98. The second-order valence-electron chi connectivity index (χ2n) is 5.84. The van der Waals surface area contributed by atoms with E-state index in [-0.39, 0.29) is 17.7 Å². The first kappa shape index (κ1) is 15.0. The van der Waals surface area contributed by atoms with Crippen LogP contribution in [0.15, 0.2) is 11.6 Å². The maximum absolute atomic E-state index is 12.1. The van der Waals surface area contributed by atoms with E-state index in [1.54, 1.807) is 0 Å². The summed E-state index contributed by atoms with van der Waals surface area (Å²) in [6.45, 7) is 2.58. The summed E-state index contributed by atoms with van der Waals surface area (Å²) in [7, 11) is 0. The summed E-state index contributed by atoms with van der Waals surface area (Å²) in [6, 6.07) is 0. The van der Waals surface area contributed by atoms with Crippen LogP contribution in [0.2, 0.25) is 0 Å². The second-order valence-corrected chi connectivity index (χ2v) is 5.84. The Morgan fingerprint density at radius 2 is 2.05 bits per heavy atom. The summed E-state index contributed by atoms with van der Waals surface area (Å²) in [6.07, 6.45) is 8.69. The van der Waals surface area contributed by atoms with Gasteiger partial charge in [0.05, 0.1) is 6.54 Å². The largest absolute Gasteiger partial charge is 0.369 e. The van der Waals surface area contributed by atoms with E-state index in [0.29, 0.717) is 13.1 Å². The van der Waals surface area contributed by atoms with Gasteiger partial charge in [-0.25, -0.2) is 0 Å². The number of primary amides is 1. The number of nitrogens with two attached hydrogens (primary N) is 1. The number of nitrogens with one attached hydrogen (secondary N) is 1. The van der Waals surface area contributed by atoms with E-state index in [0.717, 1.165) is 38.8 Å². The van der Waals surface area contributed by atoms with Crippen LogP contribution in [0.4, 0.5) is 0 Å². The quantitative estimate of drug-likeness (QED) is 0.731. The molecule has 0 bridgehead atoms. The number of rotatable bonds is 5. The van der Waals surface area contributed by atoms with Crippen LogP contribution in [-0.2, 0) is 9.59 Å². The van der Waals surface area contributed by atoms with Crippen LogP contribution in [0.3, 0.4) is 0 Å². The number of carbonyl (C=O) groups excluding carboxylic acids is 2. The van der Waals surface area contributed by atoms with Gasteiger partial charge in [0.2, 0.25) is 11.8 Å². The number of hydrogen-bond acceptors (Lipinski definition) is 3. The average molecular weight is 279 g/mol. The number of likely N-dealkylation sites (tertiary alicyclic amines) is 1. The van der Waals surface area contributed by atoms with Crippen molar-refractivity contribution in [1.29, 1.82) is 0 Å². The predicted octanol–water partition coefficient (Wildman–Crippen LogP) is 0.800. The fraction of sp³-hybridized carbons (Fsp3) is 0.733. The van der Waals surface area contributed by atoms with E-state index < -0.39 is 0 Å². The van der Waals surface area contributed by atoms with Gasteiger partial charge < -0.3 is 11.1 Å². The summed E-state index contributed by atoms with van der Waals surface area (Å²) in [5, 5.41) is 3.06. The maximum atomic E-state index is 12.1. The Bertz CT molecular complexity index is 385. The highest BCUT2D eigenvalue weighted by Gasteiger charge is 2.25. The molecule has 0 aromatic carbocycles. The van der Waals surface area contributed by atoms with Crippen molar-refractivity contribution in [3.8, 4) is 0 Å². The van der Waals surface area contributed by atoms with E-state index in [9.17, 15) is 9.59 Å². The first-order valence-electron chi connectivity index (χ1n) is 7.61. The normalized spacial score (nSPS) is 21.3. The topological polar surface area (TPSA) is 75.4 Å². The molecule has 0 aromatic heterocycles. The molecule has 2 rings (SSSR count). The van der Waals surface area contributed by atoms with Gasteiger partial charge >= 0.3 is 0 Å². The van der Waals surface area contributed by atoms with Crippen LogP contribution in [0.25, 0.3) is 0 Å². The van der Waals surface area contributed by atoms with Crippen molar-refractivity contribution in [2.75, 3.05) is 26.2 Å². The standard InChI is InChI=1S/C15H25N3O2/c16-14(19)11-18-8-6-13(7-9-18)15(20)17-10-12-4-2-1-3-5-12/h4,13H,1-3,5-11H2,(H2,16,19)(H,17,20). The molecule has 1 fully saturated rings. The van der Waals surface area contributed by atoms with Gasteiger partial charge in [0, 0.05) is 12.5 Å². The van der Waals surface area contributed by atoms with Gasteiger partial charge in [-0.2, -0.15) is 0 Å². The molecule has 1 aliphatic carbocycles. The molecule has 5 heteroatoms. The average Bonchev–Trinajstić information content (AvgIpc) is 2.46. The van der Waals surface area contributed by atoms with Crippen molar-refractivity contribution in [1.82, 2.24) is 10.2 Å². The number of allylic oxidation sites excluding steroid dienone is 1. The van der Waals surface area contributed by atoms with E-state index >= 15 is 0 Å². The van der Waals surface area contributed by atoms with Gasteiger partial charge in [-0.1, -0.05) is 11.6 Å². The van der Waals surface area contributed by atoms with Gasteiger partial charge in [0.15, 0.2) is 0 Å². The monoisotopic (exact) mass is 279 g/mol. The molecule has 112 valence electrons. The molecular formula is C15H25N3O2. The number of piperidine rings is 1. The number of amides is 2. The Hall–Kier alpha value is -1.36. The Balaban J connectivity index is 1.69. The molecule has 0 aromatic rings. The molecule has 0 atom stereocenters. The minimum Gasteiger partial charge on any atom is -0.369 e. The van der Waals surface area contributed by atoms with Crippen molar-refractivity contribution >= 4 is 11.8 Å². The molecule has 2 aliphatic rings. The lowest BCUT2D eigenvalue weighted by Gasteiger charge is -2.30. The van der Waals surface area contributed by atoms with Crippen LogP contribution in [0.1, 0.15) is 38.5 Å². The highest BCUT2D eigenvalue weighted by atomic mass is 16.2. The molecule has 1 saturated heterocycles. The summed E-state index contributed by atoms with van der Waals surface area (Å²) in [4.78, 5) is 25.0. The number of hydrogen-bond donors (Lipinski definition) is 2. The van der Waals surface area contributed by atoms with Crippen molar-refractivity contribution in [2.45, 2.75) is 38.5 Å². The van der Waals surface area contributed by atoms with Gasteiger partial charge in [-0.3, -0.25) is 14.5 Å². The molecule has 5 nitrogen and oxygen atoms in total. The van der Waals surface area contributed by atoms with Crippen LogP contribution >= 0.6 is 0 Å². The zero-order chi connectivity index (χ0) is 14.4. The SMILES string of the molecule is NC(=O)CN1CCC(C(=O)NCC2=CCCCC2)CC1. The Kier molecular flexibility index (Phi) is 5.59. The summed E-state index contributed by atoms with van der Waals surface area (Å²) >= 11 is 0. The van der Waals surface area contributed by atoms with E-state index in [4.69, 9.17) is 5.73 Å². The van der Waals surface area contributed by atoms with Crippen molar-refractivity contribution in [3.05, 3.63) is 11.6 Å². The minimum absolute atomic E-state index is 0.0864. The fourth-order valence-electron chi connectivity index (χ4n) is 2.98. The Morgan fingerprint density at radius 3 is 2.65 bits per heavy atom. The third kappa shape index (κ3) is 4.63. The maximum Gasteiger partial charge on any atom is 0.231 e. The van der Waals surface area contributed by atoms with E-state index in [1.165, 1.54) is 18.4 Å². The van der Waals surface area contributed by atoms with E-state index in [2.05, 4.69) is 11.4 Å². The molecule has 2 amide bonds. The third-order valence-electron chi connectivity index (χ3n) is 4.21. The molecule has 20 heavy (non-hydrogen) atoms. The summed E-state index contributed by atoms with van der Waals surface area (Å²) in [5.74, 6) is -0.0457. The third-order valence-corrected chi connectivity index (χ3v) is 4.21. The lowest BCUT2D eigenvalue weighted by molar-refractivity contribution is -0.126. The smallest absolute Gasteiger partial charge is 0.231 e. The Morgan fingerprint density at radius 1 is 1.30 bits per heavy atom. The van der Waals surface area contributed by atoms with Gasteiger partial charge in [-0.05, 0) is 51.6 Å². The van der Waals surface area contributed by atoms with Crippen LogP contribution in [-0.4, -0.2) is 42.9 Å². The molecule has 1 aliphatic heterocycles. The molecule has 0 spiro atoms. The van der Waals surface area contributed by atoms with Crippen LogP contribution < -0.4 is 11.1 Å². The lowest BCUT2D eigenvalue weighted by atomic mass is 9.95. The Labute approximate surface area is 120 Å². The van der Waals surface area contributed by atoms with Gasteiger partial charge in [0.1, 0.15) is 0 Å². The summed E-state index contributed by atoms with van der Waals surface area (Å²) in [5.41, 5.74) is 6.55. The second kappa shape index (κ2) is 7.43. The van der Waals surface area contributed by atoms with Crippen molar-refractivity contribution < 1.29 is 9.59 Å². The first-order valence-corrected chi connectivity index (χ1v) is 7.61. The van der Waals surface area contributed by atoms with Gasteiger partial charge in [0.25, 0.3) is 0 Å². The molecule has 3 N–H and O–H groups in total. The van der Waals surface area contributed by atoms with Crippen molar-refractivity contribution in [3.63, 3.8) is 0 Å². The van der Waals surface area contributed by atoms with Crippen LogP contribution in [0.5, 0.6) is 0 Å². The molecule has 1 heterocycles. The molecule has 0 radical (unpaired) electrons. The number of nitrogens with zero attached hydrogens (tertiary/aromatic N) is 1. The highest BCUT2D eigenvalue weighted by Crippen LogP contribution is 2.19. The zero-order valence-corrected chi connectivity index (χ0v) is 12.1. The lowest BCUT2D eigenvalue weighted by Crippen LogP contribution is -2.43. The minimum atomic E-state index is -0.294. The molecule has 0 saturated carbocycles. The van der Waals surface area contributed by atoms with Crippen molar-refractivity contribution in [2.24, 2.45) is 11.7 Å². The zero-order valence-electron chi connectivity index (χ0n) is 12.1. The predicted molar refractivity (Wildman–Crippen MR) is 77.9 cm³/mol. The highest BCUT2D eigenvalue weighted by molar-refractivity contribution is 5.79. The molecule has 0 unspecified atom stereocenters. The summed E-state index contributed by atoms with van der Waals surface area (Å²) < 4.78 is 0. The molecular weight excluding hydrogens is 254 g/mol. The van der Waals surface area contributed by atoms with E-state index in [1.807, 2.05) is 4.90 Å². The van der Waals surface area contributed by atoms with Crippen LogP contribution in [0, 0.1) is 5.92 Å². The number of carbonyl (C=O) groups is 2. The first-order chi connectivity index (χ1) is 9.65. The van der Waals surface area contributed by atoms with Gasteiger partial charge in [-0.15, -0.1) is 0 Å².